The first-order valence-electron chi connectivity index (χ1n) is 11.3. The SMILES string of the molecule is CS(=N)(=O)c1cccc(Sc2ncc(N3CCC4(CC3)Cc3cc(F)c(F)cc3C4N)nc2N)c1Cl. The third-order valence-corrected chi connectivity index (χ3v) is 9.99. The second-order valence-corrected chi connectivity index (χ2v) is 12.9. The lowest BCUT2D eigenvalue weighted by molar-refractivity contribution is 0.187. The number of rotatable bonds is 4. The van der Waals surface area contributed by atoms with E-state index < -0.39 is 21.4 Å². The van der Waals surface area contributed by atoms with Crippen molar-refractivity contribution in [1.82, 2.24) is 9.97 Å². The molecule has 2 aromatic carbocycles. The summed E-state index contributed by atoms with van der Waals surface area (Å²) >= 11 is 7.60. The Morgan fingerprint density at radius 2 is 1.94 bits per heavy atom. The summed E-state index contributed by atoms with van der Waals surface area (Å²) < 4.78 is 47.6. The summed E-state index contributed by atoms with van der Waals surface area (Å²) in [5.74, 6) is -0.831. The molecule has 5 N–H and O–H groups in total. The van der Waals surface area contributed by atoms with Crippen molar-refractivity contribution in [3.8, 4) is 0 Å². The highest BCUT2D eigenvalue weighted by Crippen LogP contribution is 2.51. The third-order valence-electron chi connectivity index (χ3n) is 7.11. The van der Waals surface area contributed by atoms with Crippen LogP contribution >= 0.6 is 23.4 Å². The van der Waals surface area contributed by atoms with Crippen LogP contribution in [0.3, 0.4) is 0 Å². The number of halogens is 3. The maximum absolute atomic E-state index is 13.8. The molecule has 1 aromatic heterocycles. The number of anilines is 2. The third kappa shape index (κ3) is 4.42. The van der Waals surface area contributed by atoms with Gasteiger partial charge in [-0.15, -0.1) is 0 Å². The fourth-order valence-electron chi connectivity index (χ4n) is 5.12. The number of aromatic nitrogens is 2. The summed E-state index contributed by atoms with van der Waals surface area (Å²) in [4.78, 5) is 12.0. The van der Waals surface area contributed by atoms with Crippen LogP contribution in [0, 0.1) is 21.8 Å². The number of piperidine rings is 1. The van der Waals surface area contributed by atoms with Crippen molar-refractivity contribution in [3.05, 3.63) is 64.3 Å². The summed E-state index contributed by atoms with van der Waals surface area (Å²) in [5.41, 5.74) is 14.0. The fourth-order valence-corrected chi connectivity index (χ4v) is 7.47. The van der Waals surface area contributed by atoms with E-state index in [4.69, 9.17) is 27.8 Å². The molecule has 0 amide bonds. The minimum Gasteiger partial charge on any atom is -0.381 e. The fraction of sp³-hybridized carbons (Fsp3) is 0.333. The molecule has 1 aliphatic carbocycles. The van der Waals surface area contributed by atoms with Crippen molar-refractivity contribution in [1.29, 1.82) is 4.78 Å². The highest BCUT2D eigenvalue weighted by molar-refractivity contribution is 7.99. The highest BCUT2D eigenvalue weighted by Gasteiger charge is 2.46. The van der Waals surface area contributed by atoms with E-state index in [1.807, 2.05) is 0 Å². The quantitative estimate of drug-likeness (QED) is 0.417. The molecule has 190 valence electrons. The molecular formula is C24H25ClF2N6OS2. The number of benzene rings is 2. The van der Waals surface area contributed by atoms with E-state index in [1.165, 1.54) is 30.2 Å². The van der Waals surface area contributed by atoms with Crippen LogP contribution in [-0.4, -0.2) is 33.5 Å². The van der Waals surface area contributed by atoms with E-state index in [-0.39, 0.29) is 27.2 Å². The predicted octanol–water partition coefficient (Wildman–Crippen LogP) is 5.02. The van der Waals surface area contributed by atoms with E-state index in [1.54, 1.807) is 24.4 Å². The van der Waals surface area contributed by atoms with Gasteiger partial charge in [0.05, 0.1) is 25.8 Å². The molecule has 0 radical (unpaired) electrons. The molecule has 0 saturated carbocycles. The summed E-state index contributed by atoms with van der Waals surface area (Å²) in [6.45, 7) is 1.32. The molecule has 0 bridgehead atoms. The Kier molecular flexibility index (Phi) is 6.39. The summed E-state index contributed by atoms with van der Waals surface area (Å²) in [6, 6.07) is 7.19. The van der Waals surface area contributed by atoms with Gasteiger partial charge in [-0.1, -0.05) is 29.4 Å². The van der Waals surface area contributed by atoms with Crippen molar-refractivity contribution in [2.24, 2.45) is 11.1 Å². The topological polar surface area (TPSA) is 122 Å². The van der Waals surface area contributed by atoms with E-state index in [0.717, 1.165) is 18.4 Å². The summed E-state index contributed by atoms with van der Waals surface area (Å²) in [7, 11) is -2.98. The van der Waals surface area contributed by atoms with Gasteiger partial charge in [0.25, 0.3) is 0 Å². The number of nitrogens with two attached hydrogens (primary N) is 2. The minimum absolute atomic E-state index is 0.235. The first-order valence-corrected chi connectivity index (χ1v) is 14.5. The zero-order chi connectivity index (χ0) is 25.8. The van der Waals surface area contributed by atoms with Crippen LogP contribution in [0.1, 0.15) is 30.0 Å². The molecule has 12 heteroatoms. The monoisotopic (exact) mass is 550 g/mol. The molecular weight excluding hydrogens is 526 g/mol. The van der Waals surface area contributed by atoms with Crippen molar-refractivity contribution >= 4 is 44.7 Å². The molecule has 2 unspecified atom stereocenters. The first kappa shape index (κ1) is 25.2. The van der Waals surface area contributed by atoms with Gasteiger partial charge in [-0.05, 0) is 60.1 Å². The van der Waals surface area contributed by atoms with E-state index in [0.29, 0.717) is 40.8 Å². The van der Waals surface area contributed by atoms with Crippen LogP contribution in [0.25, 0.3) is 0 Å². The van der Waals surface area contributed by atoms with Gasteiger partial charge in [0.1, 0.15) is 10.8 Å². The number of hydrogen-bond donors (Lipinski definition) is 3. The molecule has 36 heavy (non-hydrogen) atoms. The zero-order valence-electron chi connectivity index (χ0n) is 19.4. The summed E-state index contributed by atoms with van der Waals surface area (Å²) in [5, 5.41) is 0.696. The van der Waals surface area contributed by atoms with Gasteiger partial charge >= 0.3 is 0 Å². The lowest BCUT2D eigenvalue weighted by atomic mass is 9.73. The van der Waals surface area contributed by atoms with Gasteiger partial charge < -0.3 is 16.4 Å². The highest BCUT2D eigenvalue weighted by atomic mass is 35.5. The first-order chi connectivity index (χ1) is 17.0. The molecule has 2 aliphatic rings. The second kappa shape index (κ2) is 9.13. The lowest BCUT2D eigenvalue weighted by Crippen LogP contribution is -2.44. The standard InChI is InChI=1S/C24H25ClF2N6OS2/c1-36(30,34)18-4-2-3-17(20(18)25)35-23-22(29)32-19(12-31-23)33-7-5-24(6-8-33)11-13-9-15(26)16(27)10-14(13)21(24)28/h2-4,9-10,12,21,30H,5-8,11,28H2,1H3,(H2,29,32). The van der Waals surface area contributed by atoms with Crippen LogP contribution in [0.15, 0.2) is 51.3 Å². The molecule has 2 heterocycles. The average Bonchev–Trinajstić information content (AvgIpc) is 3.07. The van der Waals surface area contributed by atoms with Crippen LogP contribution in [-0.2, 0) is 16.1 Å². The van der Waals surface area contributed by atoms with Crippen LogP contribution in [0.2, 0.25) is 5.02 Å². The molecule has 1 saturated heterocycles. The zero-order valence-corrected chi connectivity index (χ0v) is 21.8. The van der Waals surface area contributed by atoms with Gasteiger partial charge in [-0.2, -0.15) is 0 Å². The molecule has 1 fully saturated rings. The Morgan fingerprint density at radius 3 is 2.61 bits per heavy atom. The molecule has 5 rings (SSSR count). The summed E-state index contributed by atoms with van der Waals surface area (Å²) in [6.07, 6.45) is 5.09. The van der Waals surface area contributed by atoms with Crippen LogP contribution in [0.5, 0.6) is 0 Å². The van der Waals surface area contributed by atoms with Gasteiger partial charge in [-0.25, -0.2) is 27.7 Å². The number of nitrogens with one attached hydrogen (secondary N) is 1. The Balaban J connectivity index is 1.30. The number of hydrogen-bond acceptors (Lipinski definition) is 8. The smallest absolute Gasteiger partial charge is 0.159 e. The van der Waals surface area contributed by atoms with Gasteiger partial charge in [0.15, 0.2) is 17.5 Å². The van der Waals surface area contributed by atoms with E-state index >= 15 is 0 Å². The maximum atomic E-state index is 13.8. The second-order valence-electron chi connectivity index (χ2n) is 9.40. The van der Waals surface area contributed by atoms with Crippen molar-refractivity contribution in [3.63, 3.8) is 0 Å². The number of nitrogen functional groups attached to an aromatic ring is 1. The number of fused-ring (bicyclic) bond motifs is 1. The van der Waals surface area contributed by atoms with Crippen LogP contribution < -0.4 is 16.4 Å². The van der Waals surface area contributed by atoms with Crippen LogP contribution in [0.4, 0.5) is 20.4 Å². The lowest BCUT2D eigenvalue weighted by Gasteiger charge is -2.42. The minimum atomic E-state index is -2.98. The van der Waals surface area contributed by atoms with Gasteiger partial charge in [0, 0.05) is 30.3 Å². The van der Waals surface area contributed by atoms with Crippen molar-refractivity contribution in [2.45, 2.75) is 40.1 Å². The predicted molar refractivity (Wildman–Crippen MR) is 138 cm³/mol. The van der Waals surface area contributed by atoms with E-state index in [9.17, 15) is 13.0 Å². The van der Waals surface area contributed by atoms with Crippen molar-refractivity contribution in [2.75, 3.05) is 30.0 Å². The largest absolute Gasteiger partial charge is 0.381 e. The molecule has 1 aliphatic heterocycles. The molecule has 2 atom stereocenters. The number of nitrogens with zero attached hydrogens (tertiary/aromatic N) is 3. The Morgan fingerprint density at radius 1 is 1.25 bits per heavy atom. The molecule has 1 spiro atoms. The maximum Gasteiger partial charge on any atom is 0.159 e. The normalized spacial score (nSPS) is 20.4. The van der Waals surface area contributed by atoms with Gasteiger partial charge in [-0.3, -0.25) is 0 Å². The Bertz CT molecular complexity index is 1460. The average molecular weight is 551 g/mol. The molecule has 3 aromatic rings. The molecule has 7 nitrogen and oxygen atoms in total. The van der Waals surface area contributed by atoms with Gasteiger partial charge in [0.2, 0.25) is 0 Å². The van der Waals surface area contributed by atoms with Crippen molar-refractivity contribution < 1.29 is 13.0 Å². The Hall–Kier alpha value is -2.47. The Labute approximate surface area is 217 Å². The van der Waals surface area contributed by atoms with E-state index in [2.05, 4.69) is 14.9 Å².